The molecular weight excluding hydrogens is 220 g/mol. The van der Waals surface area contributed by atoms with Crippen molar-refractivity contribution in [2.75, 3.05) is 13.6 Å². The van der Waals surface area contributed by atoms with Crippen molar-refractivity contribution in [2.24, 2.45) is 5.92 Å². The van der Waals surface area contributed by atoms with E-state index in [-0.39, 0.29) is 12.0 Å². The Labute approximate surface area is 100 Å². The largest absolute Gasteiger partial charge is 0.391 e. The van der Waals surface area contributed by atoms with E-state index in [0.717, 1.165) is 12.8 Å². The molecule has 0 aliphatic heterocycles. The molecule has 2 rings (SSSR count). The first-order chi connectivity index (χ1) is 8.16. The highest BCUT2D eigenvalue weighted by Crippen LogP contribution is 2.32. The molecule has 0 radical (unpaired) electrons. The van der Waals surface area contributed by atoms with Crippen LogP contribution in [0.5, 0.6) is 0 Å². The summed E-state index contributed by atoms with van der Waals surface area (Å²) in [6.07, 6.45) is 5.23. The fourth-order valence-corrected chi connectivity index (χ4v) is 1.76. The SMILES string of the molecule is CN(CC(O)C1CC1)C(=O)CCn1cncn1. The van der Waals surface area contributed by atoms with E-state index in [4.69, 9.17) is 0 Å². The van der Waals surface area contributed by atoms with E-state index in [2.05, 4.69) is 10.1 Å². The van der Waals surface area contributed by atoms with Crippen molar-refractivity contribution < 1.29 is 9.90 Å². The molecule has 1 fully saturated rings. The maximum Gasteiger partial charge on any atom is 0.224 e. The van der Waals surface area contributed by atoms with Gasteiger partial charge in [0, 0.05) is 20.0 Å². The van der Waals surface area contributed by atoms with Crippen molar-refractivity contribution in [3.05, 3.63) is 12.7 Å². The molecule has 1 aromatic rings. The van der Waals surface area contributed by atoms with Crippen LogP contribution in [0.1, 0.15) is 19.3 Å². The van der Waals surface area contributed by atoms with Crippen molar-refractivity contribution in [2.45, 2.75) is 31.9 Å². The summed E-state index contributed by atoms with van der Waals surface area (Å²) in [6, 6.07) is 0. The standard InChI is InChI=1S/C11H18N4O2/c1-14(6-10(16)9-2-3-9)11(17)4-5-15-8-12-7-13-15/h7-10,16H,2-6H2,1H3. The van der Waals surface area contributed by atoms with Crippen LogP contribution in [-0.2, 0) is 11.3 Å². The molecule has 0 aromatic carbocycles. The average molecular weight is 238 g/mol. The Bertz CT molecular complexity index is 362. The number of hydrogen-bond acceptors (Lipinski definition) is 4. The van der Waals surface area contributed by atoms with Gasteiger partial charge in [-0.3, -0.25) is 9.48 Å². The lowest BCUT2D eigenvalue weighted by atomic mass is 10.2. The van der Waals surface area contributed by atoms with Crippen LogP contribution in [0.3, 0.4) is 0 Å². The minimum atomic E-state index is -0.365. The monoisotopic (exact) mass is 238 g/mol. The topological polar surface area (TPSA) is 71.2 Å². The Balaban J connectivity index is 1.71. The predicted octanol–water partition coefficient (Wildman–Crippen LogP) is -0.103. The second kappa shape index (κ2) is 5.27. The quantitative estimate of drug-likeness (QED) is 0.751. The van der Waals surface area contributed by atoms with Crippen LogP contribution in [0, 0.1) is 5.92 Å². The third-order valence-electron chi connectivity index (χ3n) is 3.07. The van der Waals surface area contributed by atoms with E-state index in [1.54, 1.807) is 23.0 Å². The molecule has 1 heterocycles. The highest BCUT2D eigenvalue weighted by molar-refractivity contribution is 5.75. The van der Waals surface area contributed by atoms with Gasteiger partial charge in [0.15, 0.2) is 0 Å². The summed E-state index contributed by atoms with van der Waals surface area (Å²) in [5.41, 5.74) is 0. The van der Waals surface area contributed by atoms with Crippen molar-refractivity contribution >= 4 is 5.91 Å². The molecule has 1 N–H and O–H groups in total. The molecule has 1 unspecified atom stereocenters. The number of aliphatic hydroxyl groups is 1. The molecular formula is C11H18N4O2. The molecule has 0 bridgehead atoms. The van der Waals surface area contributed by atoms with Gasteiger partial charge in [-0.2, -0.15) is 5.10 Å². The number of carbonyl (C=O) groups is 1. The lowest BCUT2D eigenvalue weighted by Crippen LogP contribution is -2.35. The molecule has 17 heavy (non-hydrogen) atoms. The van der Waals surface area contributed by atoms with Gasteiger partial charge in [0.2, 0.25) is 5.91 Å². The van der Waals surface area contributed by atoms with Crippen LogP contribution in [0.2, 0.25) is 0 Å². The van der Waals surface area contributed by atoms with E-state index in [0.29, 0.717) is 25.4 Å². The number of aryl methyl sites for hydroxylation is 1. The summed E-state index contributed by atoms with van der Waals surface area (Å²) in [7, 11) is 1.73. The van der Waals surface area contributed by atoms with Crippen LogP contribution in [0.15, 0.2) is 12.7 Å². The number of aromatic nitrogens is 3. The van der Waals surface area contributed by atoms with Gasteiger partial charge in [-0.15, -0.1) is 0 Å². The summed E-state index contributed by atoms with van der Waals surface area (Å²) in [5.74, 6) is 0.431. The number of aliphatic hydroxyl groups excluding tert-OH is 1. The molecule has 1 aliphatic carbocycles. The van der Waals surface area contributed by atoms with Gasteiger partial charge in [0.1, 0.15) is 12.7 Å². The van der Waals surface area contributed by atoms with Crippen molar-refractivity contribution in [1.29, 1.82) is 0 Å². The molecule has 1 amide bonds. The van der Waals surface area contributed by atoms with Crippen LogP contribution < -0.4 is 0 Å². The molecule has 1 aliphatic rings. The Hall–Kier alpha value is -1.43. The zero-order chi connectivity index (χ0) is 12.3. The number of carbonyl (C=O) groups excluding carboxylic acids is 1. The number of nitrogens with zero attached hydrogens (tertiary/aromatic N) is 4. The summed E-state index contributed by atoms with van der Waals surface area (Å²) >= 11 is 0. The van der Waals surface area contributed by atoms with Gasteiger partial charge in [-0.1, -0.05) is 0 Å². The fourth-order valence-electron chi connectivity index (χ4n) is 1.76. The molecule has 0 saturated heterocycles. The Morgan fingerprint density at radius 2 is 2.41 bits per heavy atom. The first-order valence-corrected chi connectivity index (χ1v) is 5.91. The van der Waals surface area contributed by atoms with E-state index < -0.39 is 0 Å². The second-order valence-corrected chi connectivity index (χ2v) is 4.59. The zero-order valence-corrected chi connectivity index (χ0v) is 9.99. The maximum atomic E-state index is 11.8. The highest BCUT2D eigenvalue weighted by Gasteiger charge is 2.30. The summed E-state index contributed by atoms with van der Waals surface area (Å²) < 4.78 is 1.63. The number of rotatable bonds is 6. The fraction of sp³-hybridized carbons (Fsp3) is 0.727. The lowest BCUT2D eigenvalue weighted by Gasteiger charge is -2.20. The van der Waals surface area contributed by atoms with Crippen molar-refractivity contribution in [1.82, 2.24) is 19.7 Å². The third kappa shape index (κ3) is 3.52. The number of hydrogen-bond donors (Lipinski definition) is 1. The van der Waals surface area contributed by atoms with Gasteiger partial charge in [-0.05, 0) is 18.8 Å². The van der Waals surface area contributed by atoms with E-state index in [1.807, 2.05) is 0 Å². The van der Waals surface area contributed by atoms with Crippen LogP contribution in [-0.4, -0.2) is 50.4 Å². The minimum absolute atomic E-state index is 0.0280. The normalized spacial score (nSPS) is 16.8. The predicted molar refractivity (Wildman–Crippen MR) is 61.0 cm³/mol. The van der Waals surface area contributed by atoms with E-state index in [9.17, 15) is 9.90 Å². The van der Waals surface area contributed by atoms with Gasteiger partial charge < -0.3 is 10.0 Å². The van der Waals surface area contributed by atoms with Crippen LogP contribution >= 0.6 is 0 Å². The zero-order valence-electron chi connectivity index (χ0n) is 9.99. The molecule has 0 spiro atoms. The van der Waals surface area contributed by atoms with E-state index >= 15 is 0 Å². The molecule has 1 saturated carbocycles. The molecule has 6 heteroatoms. The highest BCUT2D eigenvalue weighted by atomic mass is 16.3. The maximum absolute atomic E-state index is 11.8. The van der Waals surface area contributed by atoms with Crippen molar-refractivity contribution in [3.63, 3.8) is 0 Å². The van der Waals surface area contributed by atoms with Gasteiger partial charge in [0.25, 0.3) is 0 Å². The molecule has 1 atom stereocenters. The summed E-state index contributed by atoms with van der Waals surface area (Å²) in [6.45, 7) is 0.962. The summed E-state index contributed by atoms with van der Waals surface area (Å²) in [4.78, 5) is 17.2. The first-order valence-electron chi connectivity index (χ1n) is 5.91. The molecule has 6 nitrogen and oxygen atoms in total. The third-order valence-corrected chi connectivity index (χ3v) is 3.07. The Morgan fingerprint density at radius 3 is 3.00 bits per heavy atom. The van der Waals surface area contributed by atoms with Crippen LogP contribution in [0.4, 0.5) is 0 Å². The van der Waals surface area contributed by atoms with E-state index in [1.165, 1.54) is 6.33 Å². The second-order valence-electron chi connectivity index (χ2n) is 4.59. The minimum Gasteiger partial charge on any atom is -0.391 e. The first kappa shape index (κ1) is 12.0. The number of likely N-dealkylation sites (N-methyl/N-ethyl adjacent to an activating group) is 1. The average Bonchev–Trinajstić information content (AvgIpc) is 3.04. The van der Waals surface area contributed by atoms with Crippen LogP contribution in [0.25, 0.3) is 0 Å². The lowest BCUT2D eigenvalue weighted by molar-refractivity contribution is -0.131. The number of amides is 1. The Morgan fingerprint density at radius 1 is 1.65 bits per heavy atom. The molecule has 1 aromatic heterocycles. The van der Waals surface area contributed by atoms with Gasteiger partial charge in [0.05, 0.1) is 12.6 Å². The smallest absolute Gasteiger partial charge is 0.224 e. The molecule has 94 valence electrons. The Kier molecular flexibility index (Phi) is 3.73. The van der Waals surface area contributed by atoms with Gasteiger partial charge >= 0.3 is 0 Å². The van der Waals surface area contributed by atoms with Crippen molar-refractivity contribution in [3.8, 4) is 0 Å². The summed E-state index contributed by atoms with van der Waals surface area (Å²) in [5, 5.41) is 13.7. The van der Waals surface area contributed by atoms with Gasteiger partial charge in [-0.25, -0.2) is 4.98 Å².